The second kappa shape index (κ2) is 6.99. The molecule has 0 fully saturated rings. The predicted octanol–water partition coefficient (Wildman–Crippen LogP) is 2.55. The number of aromatic nitrogens is 3. The second-order valence-corrected chi connectivity index (χ2v) is 7.91. The third-order valence-electron chi connectivity index (χ3n) is 2.85. The van der Waals surface area contributed by atoms with Crippen molar-refractivity contribution in [2.75, 3.05) is 6.54 Å². The lowest BCUT2D eigenvalue weighted by atomic mass is 10.2. The monoisotopic (exact) mass is 436 g/mol. The number of aryl methyl sites for hydroxylation is 2. The number of hydrogen-bond donors (Lipinski definition) is 2. The Bertz CT molecular complexity index is 717. The number of aromatic amines is 1. The summed E-state index contributed by atoms with van der Waals surface area (Å²) in [4.78, 5) is 4.21. The number of rotatable bonds is 6. The normalized spacial score (nSPS) is 11.8. The molecule has 0 aliphatic rings. The van der Waals surface area contributed by atoms with Crippen molar-refractivity contribution in [1.29, 1.82) is 0 Å². The molecule has 2 aromatic rings. The van der Waals surface area contributed by atoms with Crippen LogP contribution in [0.5, 0.6) is 0 Å². The number of halogens is 2. The van der Waals surface area contributed by atoms with Crippen molar-refractivity contribution in [1.82, 2.24) is 19.9 Å². The topological polar surface area (TPSA) is 87.7 Å². The van der Waals surface area contributed by atoms with Gasteiger partial charge in [0, 0.05) is 21.9 Å². The van der Waals surface area contributed by atoms with Crippen molar-refractivity contribution in [2.45, 2.75) is 24.7 Å². The number of sulfonamides is 1. The maximum Gasteiger partial charge on any atom is 0.241 e. The van der Waals surface area contributed by atoms with E-state index in [-0.39, 0.29) is 4.90 Å². The van der Waals surface area contributed by atoms with E-state index in [1.54, 1.807) is 12.1 Å². The van der Waals surface area contributed by atoms with Crippen molar-refractivity contribution >= 4 is 41.9 Å². The van der Waals surface area contributed by atoms with Crippen LogP contribution in [0.3, 0.4) is 0 Å². The molecule has 9 heteroatoms. The van der Waals surface area contributed by atoms with Gasteiger partial charge in [-0.05, 0) is 47.0 Å². The van der Waals surface area contributed by atoms with Gasteiger partial charge in [0.1, 0.15) is 12.2 Å². The zero-order valence-electron chi connectivity index (χ0n) is 11.2. The fraction of sp³-hybridized carbons (Fsp3) is 0.333. The third kappa shape index (κ3) is 4.35. The molecule has 114 valence electrons. The van der Waals surface area contributed by atoms with Crippen molar-refractivity contribution in [3.8, 4) is 0 Å². The molecule has 0 aliphatic heterocycles. The first-order valence-electron chi connectivity index (χ1n) is 6.19. The first-order valence-corrected chi connectivity index (χ1v) is 9.26. The van der Waals surface area contributed by atoms with E-state index in [2.05, 4.69) is 51.8 Å². The fourth-order valence-corrected chi connectivity index (χ4v) is 4.47. The Labute approximate surface area is 140 Å². The Balaban J connectivity index is 2.00. The Morgan fingerprint density at radius 2 is 2.05 bits per heavy atom. The van der Waals surface area contributed by atoms with Crippen LogP contribution >= 0.6 is 31.9 Å². The van der Waals surface area contributed by atoms with E-state index in [4.69, 9.17) is 0 Å². The first-order chi connectivity index (χ1) is 9.90. The minimum absolute atomic E-state index is 0.222. The highest BCUT2D eigenvalue weighted by atomic mass is 79.9. The summed E-state index contributed by atoms with van der Waals surface area (Å²) in [5, 5.41) is 6.48. The highest BCUT2D eigenvalue weighted by Gasteiger charge is 2.18. The van der Waals surface area contributed by atoms with Crippen molar-refractivity contribution in [2.24, 2.45) is 0 Å². The smallest absolute Gasteiger partial charge is 0.241 e. The molecule has 0 aliphatic carbocycles. The van der Waals surface area contributed by atoms with Gasteiger partial charge < -0.3 is 0 Å². The van der Waals surface area contributed by atoms with Crippen LogP contribution in [0.2, 0.25) is 0 Å². The maximum absolute atomic E-state index is 12.3. The number of hydrogen-bond acceptors (Lipinski definition) is 4. The molecule has 2 rings (SSSR count). The molecule has 21 heavy (non-hydrogen) atoms. The first kappa shape index (κ1) is 16.6. The van der Waals surface area contributed by atoms with Gasteiger partial charge >= 0.3 is 0 Å². The number of nitrogens with one attached hydrogen (secondary N) is 2. The van der Waals surface area contributed by atoms with Gasteiger partial charge in [-0.2, -0.15) is 5.10 Å². The molecule has 1 heterocycles. The lowest BCUT2D eigenvalue weighted by molar-refractivity contribution is 0.577. The van der Waals surface area contributed by atoms with Crippen LogP contribution < -0.4 is 4.72 Å². The maximum atomic E-state index is 12.3. The molecule has 0 saturated carbocycles. The molecule has 2 N–H and O–H groups in total. The number of nitrogens with zero attached hydrogens (tertiary/aromatic N) is 2. The van der Waals surface area contributed by atoms with Gasteiger partial charge in [0.2, 0.25) is 10.0 Å². The molecule has 0 saturated heterocycles. The Morgan fingerprint density at radius 1 is 1.29 bits per heavy atom. The molecular weight excluding hydrogens is 424 g/mol. The van der Waals surface area contributed by atoms with Crippen molar-refractivity contribution in [3.05, 3.63) is 38.8 Å². The number of H-pyrrole nitrogens is 1. The molecule has 0 bridgehead atoms. The van der Waals surface area contributed by atoms with Gasteiger partial charge in [0.25, 0.3) is 0 Å². The van der Waals surface area contributed by atoms with Gasteiger partial charge in [0.15, 0.2) is 0 Å². The molecule has 0 spiro atoms. The minimum atomic E-state index is -3.54. The fourth-order valence-electron chi connectivity index (χ4n) is 1.73. The molecule has 6 nitrogen and oxygen atoms in total. The predicted molar refractivity (Wildman–Crippen MR) is 86.5 cm³/mol. The van der Waals surface area contributed by atoms with E-state index in [0.717, 1.165) is 15.9 Å². The highest BCUT2D eigenvalue weighted by molar-refractivity contribution is 9.11. The van der Waals surface area contributed by atoms with E-state index in [1.165, 1.54) is 6.33 Å². The molecule has 1 aromatic heterocycles. The van der Waals surface area contributed by atoms with Crippen LogP contribution in [-0.2, 0) is 16.4 Å². The average Bonchev–Trinajstić information content (AvgIpc) is 2.92. The molecular formula is C12H14Br2N4O2S. The summed E-state index contributed by atoms with van der Waals surface area (Å²) in [5.41, 5.74) is 0.964. The summed E-state index contributed by atoms with van der Waals surface area (Å²) in [5.74, 6) is 0.744. The van der Waals surface area contributed by atoms with E-state index < -0.39 is 10.0 Å². The van der Waals surface area contributed by atoms with Gasteiger partial charge in [-0.15, -0.1) is 0 Å². The quantitative estimate of drug-likeness (QED) is 0.679. The lowest BCUT2D eigenvalue weighted by Crippen LogP contribution is -2.25. The van der Waals surface area contributed by atoms with Gasteiger partial charge in [-0.25, -0.2) is 18.1 Å². The van der Waals surface area contributed by atoms with Crippen LogP contribution in [0.4, 0.5) is 0 Å². The van der Waals surface area contributed by atoms with Crippen LogP contribution in [-0.4, -0.2) is 30.1 Å². The van der Waals surface area contributed by atoms with Crippen LogP contribution in [0.1, 0.15) is 17.8 Å². The highest BCUT2D eigenvalue weighted by Crippen LogP contribution is 2.28. The van der Waals surface area contributed by atoms with Crippen LogP contribution in [0.15, 0.2) is 32.3 Å². The summed E-state index contributed by atoms with van der Waals surface area (Å²) in [6.07, 6.45) is 2.71. The summed E-state index contributed by atoms with van der Waals surface area (Å²) in [7, 11) is -3.54. The minimum Gasteiger partial charge on any atom is -0.263 e. The molecule has 0 unspecified atom stereocenters. The molecule has 0 radical (unpaired) electrons. The van der Waals surface area contributed by atoms with E-state index in [1.807, 2.05) is 6.92 Å². The van der Waals surface area contributed by atoms with Crippen LogP contribution in [0, 0.1) is 6.92 Å². The van der Waals surface area contributed by atoms with E-state index in [0.29, 0.717) is 23.9 Å². The van der Waals surface area contributed by atoms with E-state index >= 15 is 0 Å². The van der Waals surface area contributed by atoms with Gasteiger partial charge in [-0.1, -0.05) is 15.9 Å². The second-order valence-electron chi connectivity index (χ2n) is 4.47. The van der Waals surface area contributed by atoms with Gasteiger partial charge in [-0.3, -0.25) is 5.10 Å². The van der Waals surface area contributed by atoms with Crippen molar-refractivity contribution in [3.63, 3.8) is 0 Å². The third-order valence-corrected chi connectivity index (χ3v) is 6.12. The van der Waals surface area contributed by atoms with Gasteiger partial charge in [0.05, 0.1) is 4.90 Å². The SMILES string of the molecule is Cc1cc(Br)c(S(=O)(=O)NCCCc2ncn[nH]2)cc1Br. The summed E-state index contributed by atoms with van der Waals surface area (Å²) in [6, 6.07) is 3.37. The van der Waals surface area contributed by atoms with Crippen molar-refractivity contribution < 1.29 is 8.42 Å². The molecule has 0 amide bonds. The summed E-state index contributed by atoms with van der Waals surface area (Å²) in [6.45, 7) is 2.23. The average molecular weight is 438 g/mol. The Morgan fingerprint density at radius 3 is 2.71 bits per heavy atom. The zero-order valence-corrected chi connectivity index (χ0v) is 15.2. The molecule has 0 atom stereocenters. The zero-order chi connectivity index (χ0) is 15.5. The summed E-state index contributed by atoms with van der Waals surface area (Å²) >= 11 is 6.64. The van der Waals surface area contributed by atoms with Crippen LogP contribution in [0.25, 0.3) is 0 Å². The largest absolute Gasteiger partial charge is 0.263 e. The van der Waals surface area contributed by atoms with E-state index in [9.17, 15) is 8.42 Å². The number of benzene rings is 1. The lowest BCUT2D eigenvalue weighted by Gasteiger charge is -2.10. The summed E-state index contributed by atoms with van der Waals surface area (Å²) < 4.78 is 28.4. The molecule has 1 aromatic carbocycles. The Kier molecular flexibility index (Phi) is 5.53. The standard InChI is InChI=1S/C12H14Br2N4O2S/c1-8-5-10(14)11(6-9(8)13)21(19,20)17-4-2-3-12-15-7-16-18-12/h5-7,17H,2-4H2,1H3,(H,15,16,18). The Hall–Kier alpha value is -0.770.